The second-order valence-electron chi connectivity index (χ2n) is 8.40. The minimum absolute atomic E-state index is 0.159. The van der Waals surface area contributed by atoms with Gasteiger partial charge in [-0.3, -0.25) is 4.79 Å². The molecular weight excluding hydrogens is 445 g/mol. The van der Waals surface area contributed by atoms with E-state index in [0.29, 0.717) is 24.3 Å². The molecule has 2 atom stereocenters. The number of carbonyl (C=O) groups excluding carboxylic acids is 1. The second kappa shape index (κ2) is 9.89. The van der Waals surface area contributed by atoms with Crippen LogP contribution in [0, 0.1) is 12.7 Å². The fourth-order valence-corrected chi connectivity index (χ4v) is 4.34. The largest absolute Gasteiger partial charge is 0.372 e. The molecule has 0 bridgehead atoms. The van der Waals surface area contributed by atoms with Crippen LogP contribution in [-0.4, -0.2) is 46.0 Å². The number of benzene rings is 1. The summed E-state index contributed by atoms with van der Waals surface area (Å²) in [6, 6.07) is 10.0. The SMILES string of the molecule is Cc1nn(Cc2ccc(F)cc2)c(Cl)c1C(=O)NCc1ccc(N2CC(C)OC(C)C2)nc1. The number of halogens is 2. The van der Waals surface area contributed by atoms with Crippen LogP contribution in [0.5, 0.6) is 0 Å². The van der Waals surface area contributed by atoms with E-state index in [9.17, 15) is 9.18 Å². The van der Waals surface area contributed by atoms with Gasteiger partial charge >= 0.3 is 0 Å². The van der Waals surface area contributed by atoms with E-state index in [-0.39, 0.29) is 29.1 Å². The monoisotopic (exact) mass is 471 g/mol. The maximum absolute atomic E-state index is 13.1. The molecule has 1 fully saturated rings. The molecule has 0 saturated carbocycles. The molecule has 0 spiro atoms. The van der Waals surface area contributed by atoms with Gasteiger partial charge in [-0.15, -0.1) is 0 Å². The molecule has 33 heavy (non-hydrogen) atoms. The zero-order valence-electron chi connectivity index (χ0n) is 18.9. The van der Waals surface area contributed by atoms with Crippen LogP contribution in [0.25, 0.3) is 0 Å². The Morgan fingerprint density at radius 2 is 1.82 bits per heavy atom. The van der Waals surface area contributed by atoms with Crippen molar-refractivity contribution in [1.29, 1.82) is 0 Å². The Morgan fingerprint density at radius 1 is 1.15 bits per heavy atom. The topological polar surface area (TPSA) is 72.3 Å². The van der Waals surface area contributed by atoms with Crippen molar-refractivity contribution in [2.45, 2.75) is 46.1 Å². The van der Waals surface area contributed by atoms with Crippen molar-refractivity contribution in [1.82, 2.24) is 20.1 Å². The van der Waals surface area contributed by atoms with Gasteiger partial charge in [0, 0.05) is 25.8 Å². The van der Waals surface area contributed by atoms with E-state index in [4.69, 9.17) is 16.3 Å². The predicted octanol–water partition coefficient (Wildman–Crippen LogP) is 3.97. The predicted molar refractivity (Wildman–Crippen MR) is 125 cm³/mol. The van der Waals surface area contributed by atoms with Gasteiger partial charge in [-0.25, -0.2) is 14.1 Å². The Labute approximate surface area is 197 Å². The van der Waals surface area contributed by atoms with Gasteiger partial charge < -0.3 is 15.0 Å². The summed E-state index contributed by atoms with van der Waals surface area (Å²) in [4.78, 5) is 19.6. The third-order valence-electron chi connectivity index (χ3n) is 5.54. The summed E-state index contributed by atoms with van der Waals surface area (Å²) in [5.74, 6) is 0.286. The minimum Gasteiger partial charge on any atom is -0.372 e. The third-order valence-corrected chi connectivity index (χ3v) is 5.93. The number of aryl methyl sites for hydroxylation is 1. The first-order valence-corrected chi connectivity index (χ1v) is 11.3. The first-order chi connectivity index (χ1) is 15.8. The van der Waals surface area contributed by atoms with Crippen LogP contribution in [-0.2, 0) is 17.8 Å². The molecular formula is C24H27ClFN5O2. The van der Waals surface area contributed by atoms with E-state index < -0.39 is 0 Å². The maximum atomic E-state index is 13.1. The third kappa shape index (κ3) is 5.51. The zero-order valence-corrected chi connectivity index (χ0v) is 19.6. The van der Waals surface area contributed by atoms with Crippen molar-refractivity contribution in [3.63, 3.8) is 0 Å². The van der Waals surface area contributed by atoms with Gasteiger partial charge in [0.2, 0.25) is 0 Å². The molecule has 0 aliphatic carbocycles. The number of anilines is 1. The molecule has 1 saturated heterocycles. The molecule has 2 unspecified atom stereocenters. The summed E-state index contributed by atoms with van der Waals surface area (Å²) >= 11 is 6.46. The fourth-order valence-electron chi connectivity index (χ4n) is 4.02. The summed E-state index contributed by atoms with van der Waals surface area (Å²) in [5.41, 5.74) is 2.58. The number of nitrogens with one attached hydrogen (secondary N) is 1. The van der Waals surface area contributed by atoms with Crippen molar-refractivity contribution >= 4 is 23.3 Å². The van der Waals surface area contributed by atoms with Gasteiger partial charge in [-0.1, -0.05) is 29.8 Å². The summed E-state index contributed by atoms with van der Waals surface area (Å²) < 4.78 is 20.5. The van der Waals surface area contributed by atoms with Crippen molar-refractivity contribution in [3.8, 4) is 0 Å². The molecule has 1 aliphatic heterocycles. The highest BCUT2D eigenvalue weighted by atomic mass is 35.5. The quantitative estimate of drug-likeness (QED) is 0.589. The highest BCUT2D eigenvalue weighted by Crippen LogP contribution is 2.22. The van der Waals surface area contributed by atoms with E-state index >= 15 is 0 Å². The first kappa shape index (κ1) is 23.2. The standard InChI is InChI=1S/C24H27ClFN5O2/c1-15-12-30(13-16(2)33-15)21-9-6-19(10-27-21)11-28-24(32)22-17(3)29-31(23(22)25)14-18-4-7-20(26)8-5-18/h4-10,15-16H,11-14H2,1-3H3,(H,28,32). The summed E-state index contributed by atoms with van der Waals surface area (Å²) in [6.07, 6.45) is 2.09. The molecule has 1 aliphatic rings. The van der Waals surface area contributed by atoms with Crippen LogP contribution in [0.3, 0.4) is 0 Å². The van der Waals surface area contributed by atoms with E-state index in [2.05, 4.69) is 34.1 Å². The van der Waals surface area contributed by atoms with Gasteiger partial charge in [-0.05, 0) is 50.1 Å². The number of morpholine rings is 1. The van der Waals surface area contributed by atoms with E-state index in [1.165, 1.54) is 12.1 Å². The Kier molecular flexibility index (Phi) is 6.95. The average molecular weight is 472 g/mol. The number of rotatable bonds is 6. The van der Waals surface area contributed by atoms with Crippen molar-refractivity contribution in [2.75, 3.05) is 18.0 Å². The van der Waals surface area contributed by atoms with Crippen molar-refractivity contribution in [3.05, 3.63) is 75.9 Å². The second-order valence-corrected chi connectivity index (χ2v) is 8.76. The van der Waals surface area contributed by atoms with Crippen LogP contribution in [0.1, 0.15) is 41.0 Å². The molecule has 0 radical (unpaired) electrons. The smallest absolute Gasteiger partial charge is 0.256 e. The molecule has 1 aromatic carbocycles. The normalized spacial score (nSPS) is 18.4. The van der Waals surface area contributed by atoms with Gasteiger partial charge in [0.25, 0.3) is 5.91 Å². The van der Waals surface area contributed by atoms with Gasteiger partial charge in [0.05, 0.1) is 30.0 Å². The Bertz CT molecular complexity index is 1110. The molecule has 7 nitrogen and oxygen atoms in total. The number of amides is 1. The number of hydrogen-bond acceptors (Lipinski definition) is 5. The summed E-state index contributed by atoms with van der Waals surface area (Å²) in [7, 11) is 0. The number of pyridine rings is 1. The van der Waals surface area contributed by atoms with Crippen LogP contribution < -0.4 is 10.2 Å². The number of nitrogens with zero attached hydrogens (tertiary/aromatic N) is 4. The Morgan fingerprint density at radius 3 is 2.45 bits per heavy atom. The van der Waals surface area contributed by atoms with Crippen molar-refractivity contribution in [2.24, 2.45) is 0 Å². The number of carbonyl (C=O) groups is 1. The van der Waals surface area contributed by atoms with Crippen LogP contribution in [0.2, 0.25) is 5.15 Å². The minimum atomic E-state index is -0.307. The highest BCUT2D eigenvalue weighted by Gasteiger charge is 2.23. The van der Waals surface area contributed by atoms with Crippen molar-refractivity contribution < 1.29 is 13.9 Å². The summed E-state index contributed by atoms with van der Waals surface area (Å²) in [6.45, 7) is 8.12. The van der Waals surface area contributed by atoms with E-state index in [1.807, 2.05) is 12.1 Å². The first-order valence-electron chi connectivity index (χ1n) is 10.9. The molecule has 4 rings (SSSR count). The van der Waals surface area contributed by atoms with Crippen LogP contribution >= 0.6 is 11.6 Å². The molecule has 9 heteroatoms. The number of ether oxygens (including phenoxy) is 1. The Hall–Kier alpha value is -2.97. The highest BCUT2D eigenvalue weighted by molar-refractivity contribution is 6.33. The maximum Gasteiger partial charge on any atom is 0.256 e. The van der Waals surface area contributed by atoms with Gasteiger partial charge in [0.15, 0.2) is 0 Å². The molecule has 174 valence electrons. The lowest BCUT2D eigenvalue weighted by Crippen LogP contribution is -2.45. The molecule has 1 amide bonds. The Balaban J connectivity index is 1.38. The molecule has 2 aromatic heterocycles. The lowest BCUT2D eigenvalue weighted by Gasteiger charge is -2.36. The zero-order chi connectivity index (χ0) is 23.5. The average Bonchev–Trinajstić information content (AvgIpc) is 3.06. The molecule has 3 aromatic rings. The van der Waals surface area contributed by atoms with E-state index in [1.54, 1.807) is 29.9 Å². The molecule has 1 N–H and O–H groups in total. The lowest BCUT2D eigenvalue weighted by atomic mass is 10.2. The fraction of sp³-hybridized carbons (Fsp3) is 0.375. The number of hydrogen-bond donors (Lipinski definition) is 1. The van der Waals surface area contributed by atoms with Crippen LogP contribution in [0.4, 0.5) is 10.2 Å². The molecule has 3 heterocycles. The lowest BCUT2D eigenvalue weighted by molar-refractivity contribution is -0.00546. The van der Waals surface area contributed by atoms with Gasteiger partial charge in [-0.2, -0.15) is 5.10 Å². The number of aromatic nitrogens is 3. The van der Waals surface area contributed by atoms with Gasteiger partial charge in [0.1, 0.15) is 16.8 Å². The van der Waals surface area contributed by atoms with E-state index in [0.717, 1.165) is 30.0 Å². The van der Waals surface area contributed by atoms with Crippen LogP contribution in [0.15, 0.2) is 42.6 Å². The summed E-state index contributed by atoms with van der Waals surface area (Å²) in [5, 5.41) is 7.52.